The summed E-state index contributed by atoms with van der Waals surface area (Å²) in [5.74, 6) is -2.16. The van der Waals surface area contributed by atoms with Crippen LogP contribution in [0.4, 0.5) is 13.6 Å². The lowest BCUT2D eigenvalue weighted by Gasteiger charge is -2.38. The average molecular weight is 540 g/mol. The van der Waals surface area contributed by atoms with Crippen LogP contribution in [-0.4, -0.2) is 54.5 Å². The Hall–Kier alpha value is -2.14. The number of amidine groups is 1. The van der Waals surface area contributed by atoms with E-state index in [-0.39, 0.29) is 29.9 Å². The molecular weight excluding hydrogens is 504 g/mol. The SMILES string of the molecule is CC(C)(C)OC(=O)N(COCC[Si](C)(C)C)C1=N[C@](C)(c2cccc(F)c2F)[C@@H]2C[C@]2(CN=[N+]=[N-])S1. The van der Waals surface area contributed by atoms with Gasteiger partial charge in [-0.1, -0.05) is 48.6 Å². The molecule has 0 radical (unpaired) electrons. The van der Waals surface area contributed by atoms with Gasteiger partial charge < -0.3 is 9.47 Å². The first-order valence-electron chi connectivity index (χ1n) is 11.9. The maximum Gasteiger partial charge on any atom is 0.418 e. The maximum absolute atomic E-state index is 15.0. The Bertz CT molecular complexity index is 1090. The van der Waals surface area contributed by atoms with Crippen LogP contribution in [0, 0.1) is 17.6 Å². The predicted molar refractivity (Wildman–Crippen MR) is 141 cm³/mol. The fourth-order valence-electron chi connectivity index (χ4n) is 4.25. The number of aliphatic imine (C=N–C) groups is 1. The first kappa shape index (κ1) is 28.4. The lowest BCUT2D eigenvalue weighted by Crippen LogP contribution is -2.46. The molecular formula is C24H35F2N5O3SSi. The van der Waals surface area contributed by atoms with E-state index in [0.29, 0.717) is 13.0 Å². The summed E-state index contributed by atoms with van der Waals surface area (Å²) in [6, 6.07) is 4.92. The maximum atomic E-state index is 15.0. The summed E-state index contributed by atoms with van der Waals surface area (Å²) in [6.45, 7) is 14.2. The second-order valence-electron chi connectivity index (χ2n) is 11.7. The molecule has 36 heavy (non-hydrogen) atoms. The smallest absolute Gasteiger partial charge is 0.418 e. The van der Waals surface area contributed by atoms with Gasteiger partial charge in [0.25, 0.3) is 0 Å². The Balaban J connectivity index is 2.03. The molecule has 3 atom stereocenters. The number of azide groups is 1. The van der Waals surface area contributed by atoms with Gasteiger partial charge in [0.2, 0.25) is 0 Å². The van der Waals surface area contributed by atoms with Gasteiger partial charge in [-0.05, 0) is 51.8 Å². The standard InChI is InChI=1S/C24H35F2N5O3SSi/c1-22(2,3)34-21(32)31(15-33-11-12-36(5,6)7)20-29-23(4,16-9-8-10-17(25)19(16)26)18-13-24(18,35-20)14-28-30-27/h8-10,18H,11-15H2,1-7H3/t18-,23+,24+/m0/s1. The van der Waals surface area contributed by atoms with Crippen LogP contribution in [0.5, 0.6) is 0 Å². The first-order chi connectivity index (χ1) is 16.6. The van der Waals surface area contributed by atoms with Crippen molar-refractivity contribution in [2.24, 2.45) is 16.0 Å². The fraction of sp³-hybridized carbons (Fsp3) is 0.667. The molecule has 8 nitrogen and oxygen atoms in total. The van der Waals surface area contributed by atoms with Gasteiger partial charge >= 0.3 is 6.09 Å². The summed E-state index contributed by atoms with van der Waals surface area (Å²) in [4.78, 5) is 22.3. The molecule has 0 spiro atoms. The van der Waals surface area contributed by atoms with E-state index >= 15 is 4.39 Å². The van der Waals surface area contributed by atoms with Crippen LogP contribution in [0.1, 0.15) is 39.7 Å². The predicted octanol–water partition coefficient (Wildman–Crippen LogP) is 6.90. The van der Waals surface area contributed by atoms with Crippen LogP contribution in [-0.2, 0) is 15.0 Å². The highest BCUT2D eigenvalue weighted by molar-refractivity contribution is 8.15. The minimum Gasteiger partial charge on any atom is -0.443 e. The lowest BCUT2D eigenvalue weighted by molar-refractivity contribution is 0.0110. The monoisotopic (exact) mass is 539 g/mol. The van der Waals surface area contributed by atoms with Crippen molar-refractivity contribution < 1.29 is 23.0 Å². The number of thioether (sulfide) groups is 1. The number of carbonyl (C=O) groups excluding carboxylic acids is 1. The molecule has 1 amide bonds. The van der Waals surface area contributed by atoms with Crippen molar-refractivity contribution in [1.29, 1.82) is 0 Å². The summed E-state index contributed by atoms with van der Waals surface area (Å²) in [5.41, 5.74) is 7.11. The number of ether oxygens (including phenoxy) is 2. The van der Waals surface area contributed by atoms with E-state index in [2.05, 4.69) is 29.7 Å². The lowest BCUT2D eigenvalue weighted by atomic mass is 9.85. The molecule has 1 aliphatic carbocycles. The molecule has 1 aromatic rings. The van der Waals surface area contributed by atoms with Gasteiger partial charge in [0.1, 0.15) is 12.3 Å². The van der Waals surface area contributed by atoms with Gasteiger partial charge in [-0.2, -0.15) is 0 Å². The third kappa shape index (κ3) is 6.40. The van der Waals surface area contributed by atoms with Crippen LogP contribution in [0.3, 0.4) is 0 Å². The molecule has 1 saturated carbocycles. The highest BCUT2D eigenvalue weighted by Crippen LogP contribution is 2.66. The minimum absolute atomic E-state index is 0.0944. The summed E-state index contributed by atoms with van der Waals surface area (Å²) >= 11 is 1.30. The highest BCUT2D eigenvalue weighted by atomic mass is 32.2. The van der Waals surface area contributed by atoms with Crippen LogP contribution in [0.15, 0.2) is 28.3 Å². The zero-order valence-electron chi connectivity index (χ0n) is 22.0. The van der Waals surface area contributed by atoms with E-state index in [4.69, 9.17) is 20.0 Å². The van der Waals surface area contributed by atoms with Crippen molar-refractivity contribution in [1.82, 2.24) is 4.90 Å². The Kier molecular flexibility index (Phi) is 8.15. The van der Waals surface area contributed by atoms with Crippen molar-refractivity contribution in [3.63, 3.8) is 0 Å². The van der Waals surface area contributed by atoms with Crippen LogP contribution >= 0.6 is 11.8 Å². The Morgan fingerprint density at radius 1 is 1.36 bits per heavy atom. The molecule has 198 valence electrons. The van der Waals surface area contributed by atoms with Gasteiger partial charge in [0.15, 0.2) is 16.8 Å². The Morgan fingerprint density at radius 3 is 2.67 bits per heavy atom. The van der Waals surface area contributed by atoms with Gasteiger partial charge in [-0.25, -0.2) is 18.5 Å². The van der Waals surface area contributed by atoms with E-state index in [1.165, 1.54) is 28.8 Å². The van der Waals surface area contributed by atoms with Crippen molar-refractivity contribution in [2.45, 2.75) is 75.7 Å². The Morgan fingerprint density at radius 2 is 2.06 bits per heavy atom. The summed E-state index contributed by atoms with van der Waals surface area (Å²) in [6.07, 6.45) is -0.0868. The van der Waals surface area contributed by atoms with Gasteiger partial charge in [0, 0.05) is 42.4 Å². The number of amides is 1. The molecule has 1 fully saturated rings. The zero-order valence-corrected chi connectivity index (χ0v) is 23.8. The van der Waals surface area contributed by atoms with E-state index in [1.54, 1.807) is 27.7 Å². The molecule has 1 aromatic carbocycles. The third-order valence-electron chi connectivity index (χ3n) is 6.29. The minimum atomic E-state index is -1.36. The number of benzene rings is 1. The second kappa shape index (κ2) is 10.3. The van der Waals surface area contributed by atoms with E-state index in [0.717, 1.165) is 12.1 Å². The Labute approximate surface area is 216 Å². The average Bonchev–Trinajstić information content (AvgIpc) is 3.48. The van der Waals surface area contributed by atoms with E-state index < -0.39 is 41.7 Å². The molecule has 0 saturated heterocycles. The zero-order chi connectivity index (χ0) is 26.9. The molecule has 0 bridgehead atoms. The quantitative estimate of drug-likeness (QED) is 0.0895. The molecule has 0 unspecified atom stereocenters. The van der Waals surface area contributed by atoms with E-state index in [1.807, 2.05) is 0 Å². The first-order valence-corrected chi connectivity index (χ1v) is 16.5. The number of carbonyl (C=O) groups is 1. The van der Waals surface area contributed by atoms with E-state index in [9.17, 15) is 9.18 Å². The molecule has 3 rings (SSSR count). The molecule has 12 heteroatoms. The largest absolute Gasteiger partial charge is 0.443 e. The molecule has 1 aliphatic heterocycles. The van der Waals surface area contributed by atoms with Gasteiger partial charge in [0.05, 0.1) is 5.54 Å². The number of hydrogen-bond donors (Lipinski definition) is 0. The number of fused-ring (bicyclic) bond motifs is 1. The topological polar surface area (TPSA) is 99.9 Å². The van der Waals surface area contributed by atoms with Crippen LogP contribution in [0.25, 0.3) is 10.4 Å². The van der Waals surface area contributed by atoms with Crippen LogP contribution in [0.2, 0.25) is 25.7 Å². The van der Waals surface area contributed by atoms with Gasteiger partial charge in [-0.15, -0.1) is 0 Å². The number of rotatable bonds is 8. The number of hydrogen-bond acceptors (Lipinski definition) is 6. The van der Waals surface area contributed by atoms with Crippen LogP contribution < -0.4 is 0 Å². The summed E-state index contributed by atoms with van der Waals surface area (Å²) in [5, 5.41) is 4.05. The van der Waals surface area contributed by atoms with Crippen molar-refractivity contribution >= 4 is 31.1 Å². The van der Waals surface area contributed by atoms with Crippen molar-refractivity contribution in [3.05, 3.63) is 45.8 Å². The third-order valence-corrected chi connectivity index (χ3v) is 9.47. The van der Waals surface area contributed by atoms with Gasteiger partial charge in [-0.3, -0.25) is 4.99 Å². The number of halogens is 2. The normalized spacial score (nSPS) is 25.4. The second-order valence-corrected chi connectivity index (χ2v) is 18.7. The molecule has 2 aliphatic rings. The fourth-order valence-corrected chi connectivity index (χ4v) is 6.58. The molecule has 0 aromatic heterocycles. The molecule has 1 heterocycles. The number of nitrogens with zero attached hydrogens (tertiary/aromatic N) is 5. The summed E-state index contributed by atoms with van der Waals surface area (Å²) in [7, 11) is -1.36. The summed E-state index contributed by atoms with van der Waals surface area (Å²) < 4.78 is 40.2. The molecule has 0 N–H and O–H groups in total. The van der Waals surface area contributed by atoms with Crippen molar-refractivity contribution in [3.8, 4) is 0 Å². The van der Waals surface area contributed by atoms with Crippen molar-refractivity contribution in [2.75, 3.05) is 19.9 Å². The highest BCUT2D eigenvalue weighted by Gasteiger charge is 2.67.